The van der Waals surface area contributed by atoms with Crippen molar-refractivity contribution in [1.29, 1.82) is 0 Å². The first-order valence-corrected chi connectivity index (χ1v) is 3.32. The Labute approximate surface area is 53.6 Å². The van der Waals surface area contributed by atoms with Gasteiger partial charge in [0.05, 0.1) is 0 Å². The van der Waals surface area contributed by atoms with Crippen LogP contribution in [0.3, 0.4) is 0 Å². The van der Waals surface area contributed by atoms with Crippen molar-refractivity contribution < 1.29 is 8.78 Å². The van der Waals surface area contributed by atoms with Crippen molar-refractivity contribution in [3.63, 3.8) is 0 Å². The molecule has 0 radical (unpaired) electrons. The minimum atomic E-state index is -1.51. The molecule has 0 unspecified atom stereocenters. The van der Waals surface area contributed by atoms with Gasteiger partial charge in [-0.25, -0.2) is 0 Å². The van der Waals surface area contributed by atoms with Crippen LogP contribution in [-0.2, 0) is 0 Å². The van der Waals surface area contributed by atoms with Gasteiger partial charge in [-0.2, -0.15) is 8.78 Å². The first-order chi connectivity index (χ1) is 4.29. The fourth-order valence-electron chi connectivity index (χ4n) is 1.30. The lowest BCUT2D eigenvalue weighted by Crippen LogP contribution is -1.85. The highest BCUT2D eigenvalue weighted by Gasteiger charge is 2.12. The average molecular weight is 132 g/mol. The van der Waals surface area contributed by atoms with Gasteiger partial charge in [0.1, 0.15) is 0 Å². The van der Waals surface area contributed by atoms with E-state index in [4.69, 9.17) is 0 Å². The number of halogens is 2. The Balaban J connectivity index is 2.35. The molecule has 0 nitrogen and oxygen atoms in total. The molecule has 0 aromatic rings. The molecule has 1 fully saturated rings. The maximum absolute atomic E-state index is 11.5. The van der Waals surface area contributed by atoms with Crippen molar-refractivity contribution >= 4 is 0 Å². The molecule has 0 aromatic heterocycles. The highest BCUT2D eigenvalue weighted by atomic mass is 19.3. The summed E-state index contributed by atoms with van der Waals surface area (Å²) in [5, 5.41) is 0. The van der Waals surface area contributed by atoms with E-state index in [2.05, 4.69) is 0 Å². The molecule has 0 N–H and O–H groups in total. The smallest absolute Gasteiger partial charge is 0.174 e. The van der Waals surface area contributed by atoms with E-state index >= 15 is 0 Å². The molecule has 0 saturated heterocycles. The van der Waals surface area contributed by atoms with Crippen LogP contribution in [0.5, 0.6) is 0 Å². The van der Waals surface area contributed by atoms with Crippen LogP contribution in [0.1, 0.15) is 25.7 Å². The Kier molecular flexibility index (Phi) is 2.20. The van der Waals surface area contributed by atoms with E-state index in [-0.39, 0.29) is 5.92 Å². The second-order valence-electron chi connectivity index (χ2n) is 2.50. The van der Waals surface area contributed by atoms with E-state index in [1.54, 1.807) is 0 Å². The van der Waals surface area contributed by atoms with Gasteiger partial charge in [-0.1, -0.05) is 12.8 Å². The van der Waals surface area contributed by atoms with E-state index in [1.165, 1.54) is 0 Å². The molecule has 1 rings (SSSR count). The predicted molar refractivity (Wildman–Crippen MR) is 32.3 cm³/mol. The molecule has 1 saturated carbocycles. The predicted octanol–water partition coefficient (Wildman–Crippen LogP) is 2.96. The van der Waals surface area contributed by atoms with E-state index in [0.29, 0.717) is 0 Å². The van der Waals surface area contributed by atoms with Gasteiger partial charge in [0, 0.05) is 0 Å². The van der Waals surface area contributed by atoms with Crippen LogP contribution in [0.25, 0.3) is 0 Å². The third-order valence-corrected chi connectivity index (χ3v) is 1.76. The summed E-state index contributed by atoms with van der Waals surface area (Å²) in [6.45, 7) is 0. The SMILES string of the molecule is FC(F)=CC1CCCC1. The Bertz CT molecular complexity index is 108. The molecule has 0 aliphatic heterocycles. The minimum absolute atomic E-state index is 0.176. The normalized spacial score (nSPS) is 20.2. The molecular weight excluding hydrogens is 122 g/mol. The molecule has 0 heterocycles. The van der Waals surface area contributed by atoms with Crippen molar-refractivity contribution in [1.82, 2.24) is 0 Å². The molecule has 1 aliphatic carbocycles. The van der Waals surface area contributed by atoms with Crippen LogP contribution in [0.2, 0.25) is 0 Å². The van der Waals surface area contributed by atoms with Gasteiger partial charge in [-0.3, -0.25) is 0 Å². The molecule has 0 amide bonds. The van der Waals surface area contributed by atoms with Gasteiger partial charge in [0.2, 0.25) is 0 Å². The Morgan fingerprint density at radius 1 is 1.22 bits per heavy atom. The number of hydrogen-bond donors (Lipinski definition) is 0. The van der Waals surface area contributed by atoms with Gasteiger partial charge in [-0.15, -0.1) is 0 Å². The summed E-state index contributed by atoms with van der Waals surface area (Å²) in [7, 11) is 0. The maximum Gasteiger partial charge on any atom is 0.266 e. The quantitative estimate of drug-likeness (QED) is 0.514. The first kappa shape index (κ1) is 6.72. The minimum Gasteiger partial charge on any atom is -0.174 e. The maximum atomic E-state index is 11.5. The summed E-state index contributed by atoms with van der Waals surface area (Å²) in [5.74, 6) is 0.176. The van der Waals surface area contributed by atoms with Crippen LogP contribution in [0.15, 0.2) is 12.2 Å². The van der Waals surface area contributed by atoms with Crippen LogP contribution in [0.4, 0.5) is 8.78 Å². The second-order valence-corrected chi connectivity index (χ2v) is 2.50. The summed E-state index contributed by atoms with van der Waals surface area (Å²) in [4.78, 5) is 0. The topological polar surface area (TPSA) is 0 Å². The van der Waals surface area contributed by atoms with Gasteiger partial charge in [0.15, 0.2) is 0 Å². The largest absolute Gasteiger partial charge is 0.266 e. The van der Waals surface area contributed by atoms with Crippen molar-refractivity contribution in [2.75, 3.05) is 0 Å². The standard InChI is InChI=1S/C7H10F2/c8-7(9)5-6-3-1-2-4-6/h5-6H,1-4H2. The lowest BCUT2D eigenvalue weighted by atomic mass is 10.1. The van der Waals surface area contributed by atoms with Gasteiger partial charge < -0.3 is 0 Å². The summed E-state index contributed by atoms with van der Waals surface area (Å²) < 4.78 is 23.1. The summed E-state index contributed by atoms with van der Waals surface area (Å²) in [6, 6.07) is 0. The van der Waals surface area contributed by atoms with Crippen LogP contribution in [0, 0.1) is 5.92 Å². The molecule has 52 valence electrons. The Hall–Kier alpha value is -0.400. The molecule has 1 aliphatic rings. The molecule has 0 atom stereocenters. The number of hydrogen-bond acceptors (Lipinski definition) is 0. The average Bonchev–Trinajstić information content (AvgIpc) is 2.15. The third-order valence-electron chi connectivity index (χ3n) is 1.76. The zero-order valence-corrected chi connectivity index (χ0v) is 5.24. The van der Waals surface area contributed by atoms with Crippen LogP contribution in [-0.4, -0.2) is 0 Å². The lowest BCUT2D eigenvalue weighted by molar-refractivity contribution is 0.408. The summed E-state index contributed by atoms with van der Waals surface area (Å²) in [5.41, 5.74) is 0. The van der Waals surface area contributed by atoms with Crippen molar-refractivity contribution in [2.45, 2.75) is 25.7 Å². The fourth-order valence-corrected chi connectivity index (χ4v) is 1.30. The van der Waals surface area contributed by atoms with Crippen molar-refractivity contribution in [3.8, 4) is 0 Å². The monoisotopic (exact) mass is 132 g/mol. The highest BCUT2D eigenvalue weighted by molar-refractivity contribution is 4.90. The molecule has 0 spiro atoms. The Morgan fingerprint density at radius 3 is 2.22 bits per heavy atom. The van der Waals surface area contributed by atoms with Gasteiger partial charge >= 0.3 is 0 Å². The second kappa shape index (κ2) is 2.95. The van der Waals surface area contributed by atoms with Gasteiger partial charge in [-0.05, 0) is 24.8 Å². The molecule has 0 bridgehead atoms. The lowest BCUT2D eigenvalue weighted by Gasteiger charge is -1.96. The van der Waals surface area contributed by atoms with E-state index < -0.39 is 6.08 Å². The third kappa shape index (κ3) is 2.12. The molecule has 0 aromatic carbocycles. The van der Waals surface area contributed by atoms with E-state index in [9.17, 15) is 8.78 Å². The van der Waals surface area contributed by atoms with Crippen molar-refractivity contribution in [2.24, 2.45) is 5.92 Å². The van der Waals surface area contributed by atoms with E-state index in [0.717, 1.165) is 31.8 Å². The molecule has 2 heteroatoms. The zero-order chi connectivity index (χ0) is 6.69. The van der Waals surface area contributed by atoms with Crippen molar-refractivity contribution in [3.05, 3.63) is 12.2 Å². The number of allylic oxidation sites excluding steroid dienone is 1. The van der Waals surface area contributed by atoms with Crippen LogP contribution >= 0.6 is 0 Å². The zero-order valence-electron chi connectivity index (χ0n) is 5.24. The molecule has 9 heavy (non-hydrogen) atoms. The van der Waals surface area contributed by atoms with Crippen LogP contribution < -0.4 is 0 Å². The van der Waals surface area contributed by atoms with Gasteiger partial charge in [0.25, 0.3) is 6.08 Å². The fraction of sp³-hybridized carbons (Fsp3) is 0.714. The summed E-state index contributed by atoms with van der Waals surface area (Å²) >= 11 is 0. The Morgan fingerprint density at radius 2 is 1.78 bits per heavy atom. The number of rotatable bonds is 1. The highest BCUT2D eigenvalue weighted by Crippen LogP contribution is 2.26. The first-order valence-electron chi connectivity index (χ1n) is 3.32. The van der Waals surface area contributed by atoms with E-state index in [1.807, 2.05) is 0 Å². The molecular formula is C7H10F2. The summed E-state index contributed by atoms with van der Waals surface area (Å²) in [6.07, 6.45) is 3.73.